The average molecular weight is 298 g/mol. The molecular formula is C16H21ClFNO. The van der Waals surface area contributed by atoms with Gasteiger partial charge >= 0.3 is 0 Å². The molecule has 0 unspecified atom stereocenters. The Kier molecular flexibility index (Phi) is 4.82. The molecular weight excluding hydrogens is 277 g/mol. The molecule has 0 saturated carbocycles. The van der Waals surface area contributed by atoms with Crippen LogP contribution in [0.2, 0.25) is 5.02 Å². The van der Waals surface area contributed by atoms with Gasteiger partial charge in [-0.15, -0.1) is 0 Å². The highest BCUT2D eigenvalue weighted by atomic mass is 35.5. The number of hydrogen-bond acceptors (Lipinski definition) is 2. The number of halogens is 2. The first-order valence-electron chi connectivity index (χ1n) is 7.30. The van der Waals surface area contributed by atoms with Crippen molar-refractivity contribution in [1.82, 2.24) is 4.90 Å². The number of nitrogens with zero attached hydrogens (tertiary/aromatic N) is 1. The van der Waals surface area contributed by atoms with Crippen molar-refractivity contribution in [3.8, 4) is 0 Å². The van der Waals surface area contributed by atoms with E-state index in [1.807, 2.05) is 13.8 Å². The van der Waals surface area contributed by atoms with Gasteiger partial charge in [0.15, 0.2) is 5.78 Å². The van der Waals surface area contributed by atoms with Crippen molar-refractivity contribution >= 4 is 17.4 Å². The average Bonchev–Trinajstić information content (AvgIpc) is 2.95. The van der Waals surface area contributed by atoms with E-state index >= 15 is 0 Å². The molecule has 110 valence electrons. The fraction of sp³-hybridized carbons (Fsp3) is 0.562. The maximum atomic E-state index is 14.1. The molecule has 0 N–H and O–H groups in total. The topological polar surface area (TPSA) is 20.3 Å². The van der Waals surface area contributed by atoms with Crippen molar-refractivity contribution in [3.05, 3.63) is 34.6 Å². The summed E-state index contributed by atoms with van der Waals surface area (Å²) in [6.45, 7) is 5.85. The predicted molar refractivity (Wildman–Crippen MR) is 79.9 cm³/mol. The summed E-state index contributed by atoms with van der Waals surface area (Å²) in [4.78, 5) is 15.1. The van der Waals surface area contributed by atoms with Gasteiger partial charge in [-0.25, -0.2) is 4.39 Å². The fourth-order valence-corrected chi connectivity index (χ4v) is 3.39. The highest BCUT2D eigenvalue weighted by Crippen LogP contribution is 2.32. The van der Waals surface area contributed by atoms with Crippen LogP contribution < -0.4 is 0 Å². The number of likely N-dealkylation sites (tertiary alicyclic amines) is 1. The van der Waals surface area contributed by atoms with Gasteiger partial charge in [0.2, 0.25) is 0 Å². The lowest BCUT2D eigenvalue weighted by molar-refractivity contribution is 0.0577. The largest absolute Gasteiger partial charge is 0.292 e. The molecule has 0 bridgehead atoms. The normalized spacial score (nSPS) is 16.6. The summed E-state index contributed by atoms with van der Waals surface area (Å²) in [5, 5.41) is 0.318. The Hall–Kier alpha value is -0.930. The van der Waals surface area contributed by atoms with E-state index in [0.717, 1.165) is 25.9 Å². The minimum atomic E-state index is -0.578. The number of carbonyl (C=O) groups excluding carboxylic acids is 1. The van der Waals surface area contributed by atoms with E-state index in [-0.39, 0.29) is 11.3 Å². The van der Waals surface area contributed by atoms with E-state index in [1.54, 1.807) is 6.07 Å². The van der Waals surface area contributed by atoms with Crippen molar-refractivity contribution in [3.63, 3.8) is 0 Å². The van der Waals surface area contributed by atoms with Crippen LogP contribution in [-0.2, 0) is 0 Å². The minimum absolute atomic E-state index is 0.112. The Bertz CT molecular complexity index is 493. The summed E-state index contributed by atoms with van der Waals surface area (Å²) in [5.41, 5.74) is -0.421. The minimum Gasteiger partial charge on any atom is -0.292 e. The second-order valence-corrected chi connectivity index (χ2v) is 5.82. The molecule has 2 rings (SSSR count). The molecule has 1 aliphatic rings. The fourth-order valence-electron chi connectivity index (χ4n) is 3.23. The van der Waals surface area contributed by atoms with Crippen LogP contribution in [0.3, 0.4) is 0 Å². The third kappa shape index (κ3) is 2.61. The van der Waals surface area contributed by atoms with Gasteiger partial charge in [-0.05, 0) is 57.0 Å². The van der Waals surface area contributed by atoms with Crippen LogP contribution in [0.25, 0.3) is 0 Å². The Morgan fingerprint density at radius 3 is 2.40 bits per heavy atom. The number of hydrogen-bond donors (Lipinski definition) is 0. The SMILES string of the molecule is CCC(CC)(C(=O)c1ccc(Cl)cc1F)N1CCCC1. The third-order valence-electron chi connectivity index (χ3n) is 4.48. The molecule has 0 aliphatic carbocycles. The summed E-state index contributed by atoms with van der Waals surface area (Å²) < 4.78 is 14.1. The van der Waals surface area contributed by atoms with Gasteiger partial charge in [-0.3, -0.25) is 9.69 Å². The highest BCUT2D eigenvalue weighted by Gasteiger charge is 2.42. The molecule has 1 saturated heterocycles. The van der Waals surface area contributed by atoms with Crippen molar-refractivity contribution in [2.75, 3.05) is 13.1 Å². The van der Waals surface area contributed by atoms with Crippen LogP contribution in [0, 0.1) is 5.82 Å². The van der Waals surface area contributed by atoms with E-state index in [1.165, 1.54) is 12.1 Å². The molecule has 0 spiro atoms. The zero-order chi connectivity index (χ0) is 14.8. The van der Waals surface area contributed by atoms with E-state index in [0.29, 0.717) is 17.9 Å². The molecule has 1 fully saturated rings. The quantitative estimate of drug-likeness (QED) is 0.755. The first-order valence-corrected chi connectivity index (χ1v) is 7.68. The molecule has 0 amide bonds. The molecule has 1 aromatic carbocycles. The first-order chi connectivity index (χ1) is 9.55. The van der Waals surface area contributed by atoms with E-state index in [9.17, 15) is 9.18 Å². The smallest absolute Gasteiger partial charge is 0.185 e. The number of benzene rings is 1. The summed E-state index contributed by atoms with van der Waals surface area (Å²) in [6.07, 6.45) is 3.62. The first kappa shape index (κ1) is 15.5. The molecule has 0 radical (unpaired) electrons. The van der Waals surface area contributed by atoms with Crippen LogP contribution in [0.4, 0.5) is 4.39 Å². The zero-order valence-corrected chi connectivity index (χ0v) is 12.8. The maximum Gasteiger partial charge on any atom is 0.185 e. The van der Waals surface area contributed by atoms with Crippen LogP contribution in [0.15, 0.2) is 18.2 Å². The second-order valence-electron chi connectivity index (χ2n) is 5.39. The van der Waals surface area contributed by atoms with Crippen LogP contribution in [0.5, 0.6) is 0 Å². The lowest BCUT2D eigenvalue weighted by Gasteiger charge is -2.39. The molecule has 1 heterocycles. The summed E-state index contributed by atoms with van der Waals surface area (Å²) in [6, 6.07) is 4.31. The summed E-state index contributed by atoms with van der Waals surface area (Å²) in [5.74, 6) is -0.633. The van der Waals surface area contributed by atoms with Gasteiger partial charge in [0.25, 0.3) is 0 Å². The second kappa shape index (κ2) is 6.23. The van der Waals surface area contributed by atoms with Crippen molar-refractivity contribution in [2.45, 2.75) is 45.1 Å². The molecule has 0 atom stereocenters. The lowest BCUT2D eigenvalue weighted by Crippen LogP contribution is -2.53. The van der Waals surface area contributed by atoms with Crippen molar-refractivity contribution in [2.24, 2.45) is 0 Å². The van der Waals surface area contributed by atoms with Crippen LogP contribution in [-0.4, -0.2) is 29.3 Å². The van der Waals surface area contributed by atoms with Gasteiger partial charge < -0.3 is 0 Å². The van der Waals surface area contributed by atoms with Gasteiger partial charge in [0.1, 0.15) is 5.82 Å². The van der Waals surface area contributed by atoms with Gasteiger partial charge in [0.05, 0.1) is 11.1 Å². The third-order valence-corrected chi connectivity index (χ3v) is 4.71. The Morgan fingerprint density at radius 1 is 1.30 bits per heavy atom. The number of rotatable bonds is 5. The number of ketones is 1. The molecule has 4 heteroatoms. The van der Waals surface area contributed by atoms with Crippen molar-refractivity contribution in [1.29, 1.82) is 0 Å². The molecule has 1 aromatic rings. The van der Waals surface area contributed by atoms with E-state index in [2.05, 4.69) is 4.90 Å². The Balaban J connectivity index is 2.40. The van der Waals surface area contributed by atoms with Crippen molar-refractivity contribution < 1.29 is 9.18 Å². The van der Waals surface area contributed by atoms with Crippen LogP contribution >= 0.6 is 11.6 Å². The van der Waals surface area contributed by atoms with Gasteiger partial charge in [-0.1, -0.05) is 25.4 Å². The lowest BCUT2D eigenvalue weighted by atomic mass is 9.82. The van der Waals surface area contributed by atoms with Gasteiger partial charge in [0, 0.05) is 5.02 Å². The summed E-state index contributed by atoms with van der Waals surface area (Å²) in [7, 11) is 0. The monoisotopic (exact) mass is 297 g/mol. The zero-order valence-electron chi connectivity index (χ0n) is 12.1. The Morgan fingerprint density at radius 2 is 1.90 bits per heavy atom. The molecule has 1 aliphatic heterocycles. The Labute approximate surface area is 124 Å². The van der Waals surface area contributed by atoms with Gasteiger partial charge in [-0.2, -0.15) is 0 Å². The number of Topliss-reactive ketones (excluding diaryl/α,β-unsaturated/α-hetero) is 1. The standard InChI is InChI=1S/C16H21ClFNO/c1-3-16(4-2,19-9-5-6-10-19)15(20)13-8-7-12(17)11-14(13)18/h7-8,11H,3-6,9-10H2,1-2H3. The molecule has 20 heavy (non-hydrogen) atoms. The molecule has 2 nitrogen and oxygen atoms in total. The van der Waals surface area contributed by atoms with E-state index in [4.69, 9.17) is 11.6 Å². The predicted octanol–water partition coefficient (Wildman–Crippen LogP) is 4.32. The van der Waals surface area contributed by atoms with E-state index < -0.39 is 11.4 Å². The molecule has 0 aromatic heterocycles. The highest BCUT2D eigenvalue weighted by molar-refractivity contribution is 6.30. The number of carbonyl (C=O) groups is 1. The maximum absolute atomic E-state index is 14.1. The summed E-state index contributed by atoms with van der Waals surface area (Å²) >= 11 is 5.77. The van der Waals surface area contributed by atoms with Crippen LogP contribution in [0.1, 0.15) is 49.9 Å².